The van der Waals surface area contributed by atoms with Crippen molar-refractivity contribution in [1.82, 2.24) is 0 Å². The minimum atomic E-state index is -1.70. The molecule has 104 valence electrons. The minimum Gasteiger partial charge on any atom is -0.455 e. The molecule has 0 spiro atoms. The molecule has 0 N–H and O–H groups in total. The van der Waals surface area contributed by atoms with E-state index in [0.717, 1.165) is 23.6 Å². The predicted molar refractivity (Wildman–Crippen MR) is 83.5 cm³/mol. The van der Waals surface area contributed by atoms with Gasteiger partial charge in [0.15, 0.2) is 16.6 Å². The van der Waals surface area contributed by atoms with Crippen molar-refractivity contribution in [2.24, 2.45) is 0 Å². The predicted octanol–water partition coefficient (Wildman–Crippen LogP) is 2.17. The number of hydrogen-bond acceptors (Lipinski definition) is 3. The lowest BCUT2D eigenvalue weighted by Gasteiger charge is -2.33. The van der Waals surface area contributed by atoms with Crippen molar-refractivity contribution >= 4 is 38.2 Å². The largest absolute Gasteiger partial charge is 0.455 e. The summed E-state index contributed by atoms with van der Waals surface area (Å²) in [5.41, 5.74) is 0. The zero-order chi connectivity index (χ0) is 13.7. The minimum absolute atomic E-state index is 0.730. The molecule has 0 aromatic heterocycles. The molecule has 0 aliphatic heterocycles. The molecule has 3 nitrogen and oxygen atoms in total. The van der Waals surface area contributed by atoms with E-state index in [2.05, 4.69) is 26.2 Å². The summed E-state index contributed by atoms with van der Waals surface area (Å²) in [6, 6.07) is 1.89. The van der Waals surface area contributed by atoms with E-state index in [1.165, 1.54) is 0 Å². The first-order valence-corrected chi connectivity index (χ1v) is 15.5. The molecule has 0 fully saturated rings. The van der Waals surface area contributed by atoms with Crippen molar-refractivity contribution in [2.45, 2.75) is 38.3 Å². The van der Waals surface area contributed by atoms with Crippen LogP contribution in [0.5, 0.6) is 0 Å². The fourth-order valence-electron chi connectivity index (χ4n) is 1.63. The summed E-state index contributed by atoms with van der Waals surface area (Å²) in [4.78, 5) is 0. The van der Waals surface area contributed by atoms with Crippen LogP contribution in [0.3, 0.4) is 0 Å². The molecule has 0 rings (SSSR count). The Morgan fingerprint density at radius 3 is 1.35 bits per heavy atom. The maximum Gasteiger partial charge on any atom is 0.174 e. The maximum atomic E-state index is 11.1. The van der Waals surface area contributed by atoms with Gasteiger partial charge in [-0.3, -0.25) is 8.42 Å². The van der Waals surface area contributed by atoms with Crippen molar-refractivity contribution in [1.29, 1.82) is 0 Å². The van der Waals surface area contributed by atoms with E-state index in [9.17, 15) is 8.42 Å². The van der Waals surface area contributed by atoms with Crippen LogP contribution in [0.25, 0.3) is 0 Å². The molecular weight excluding hydrogens is 288 g/mol. The molecule has 0 radical (unpaired) electrons. The van der Waals surface area contributed by atoms with Crippen LogP contribution in [0.1, 0.15) is 0 Å². The average molecular weight is 315 g/mol. The molecule has 0 aromatic carbocycles. The van der Waals surface area contributed by atoms with Gasteiger partial charge >= 0.3 is 0 Å². The number of hydrogen-bond donors (Lipinski definition) is 0. The summed E-state index contributed by atoms with van der Waals surface area (Å²) >= 11 is 0. The van der Waals surface area contributed by atoms with Gasteiger partial charge in [-0.05, 0) is 38.3 Å². The van der Waals surface area contributed by atoms with Crippen molar-refractivity contribution in [3.8, 4) is 0 Å². The molecule has 0 saturated heterocycles. The van der Waals surface area contributed by atoms with Crippen LogP contribution in [0.15, 0.2) is 0 Å². The lowest BCUT2D eigenvalue weighted by atomic mass is 11.0. The molecule has 0 heterocycles. The third-order valence-corrected chi connectivity index (χ3v) is 12.1. The van der Waals surface area contributed by atoms with E-state index in [-0.39, 0.29) is 0 Å². The molecule has 0 amide bonds. The third kappa shape index (κ3) is 10.3. The van der Waals surface area contributed by atoms with E-state index in [0.29, 0.717) is 0 Å². The first-order chi connectivity index (χ1) is 7.54. The Morgan fingerprint density at radius 2 is 1.12 bits per heavy atom. The summed E-state index contributed by atoms with van der Waals surface area (Å²) in [5, 5.41) is 0. The molecule has 0 aliphatic carbocycles. The van der Waals surface area contributed by atoms with Gasteiger partial charge in [0.25, 0.3) is 0 Å². The highest BCUT2D eigenvalue weighted by Crippen LogP contribution is 2.21. The summed E-state index contributed by atoms with van der Waals surface area (Å²) in [5.74, 6) is 1.48. The topological polar surface area (TPSA) is 43.4 Å². The lowest BCUT2D eigenvalue weighted by Crippen LogP contribution is -2.45. The number of rotatable bonds is 8. The van der Waals surface area contributed by atoms with Gasteiger partial charge in [-0.25, -0.2) is 0 Å². The summed E-state index contributed by atoms with van der Waals surface area (Å²) < 4.78 is 28.6. The molecule has 0 bridgehead atoms. The average Bonchev–Trinajstić information content (AvgIpc) is 2.10. The Kier molecular flexibility index (Phi) is 7.62. The molecule has 17 heavy (non-hydrogen) atoms. The standard InChI is InChI=1S/C10H26O3S2Si2/c1-14(11)7-9-16(3,4)13-17(5,6)10-8-15(2)12/h7-10H2,1-6H3. The molecule has 2 unspecified atom stereocenters. The zero-order valence-corrected chi connectivity index (χ0v) is 15.5. The van der Waals surface area contributed by atoms with Crippen molar-refractivity contribution in [3.05, 3.63) is 0 Å². The van der Waals surface area contributed by atoms with Crippen molar-refractivity contribution in [3.63, 3.8) is 0 Å². The summed E-state index contributed by atoms with van der Waals surface area (Å²) in [7, 11) is -4.87. The second-order valence-electron chi connectivity index (χ2n) is 5.68. The monoisotopic (exact) mass is 314 g/mol. The van der Waals surface area contributed by atoms with Crippen molar-refractivity contribution in [2.75, 3.05) is 24.0 Å². The van der Waals surface area contributed by atoms with Crippen LogP contribution in [0.2, 0.25) is 38.3 Å². The maximum absolute atomic E-state index is 11.1. The lowest BCUT2D eigenvalue weighted by molar-refractivity contribution is 0.542. The highest BCUT2D eigenvalue weighted by molar-refractivity contribution is 7.84. The van der Waals surface area contributed by atoms with Crippen LogP contribution in [-0.4, -0.2) is 49.1 Å². The Morgan fingerprint density at radius 1 is 0.824 bits per heavy atom. The van der Waals surface area contributed by atoms with E-state index in [4.69, 9.17) is 4.12 Å². The molecule has 2 atom stereocenters. The SMILES string of the molecule is CS(=O)CC[Si](C)(C)O[Si](C)(C)CCS(C)=O. The van der Waals surface area contributed by atoms with Gasteiger partial charge in [0.05, 0.1) is 0 Å². The Balaban J connectivity index is 4.26. The van der Waals surface area contributed by atoms with Crippen LogP contribution >= 0.6 is 0 Å². The second-order valence-corrected chi connectivity index (χ2v) is 17.6. The normalized spacial score (nSPS) is 16.8. The fourth-order valence-corrected chi connectivity index (χ4v) is 14.7. The van der Waals surface area contributed by atoms with E-state index in [1.54, 1.807) is 12.5 Å². The molecule has 7 heteroatoms. The zero-order valence-electron chi connectivity index (χ0n) is 11.9. The van der Waals surface area contributed by atoms with Crippen LogP contribution in [0, 0.1) is 0 Å². The highest BCUT2D eigenvalue weighted by atomic mass is 32.2. The van der Waals surface area contributed by atoms with Crippen LogP contribution < -0.4 is 0 Å². The van der Waals surface area contributed by atoms with Gasteiger partial charge in [-0.15, -0.1) is 0 Å². The van der Waals surface area contributed by atoms with E-state index in [1.807, 2.05) is 0 Å². The van der Waals surface area contributed by atoms with Crippen LogP contribution in [0.4, 0.5) is 0 Å². The molecule has 0 aromatic rings. The first-order valence-electron chi connectivity index (χ1n) is 5.84. The molecule has 0 saturated carbocycles. The summed E-state index contributed by atoms with van der Waals surface area (Å²) in [6.45, 7) is 8.77. The van der Waals surface area contributed by atoms with Gasteiger partial charge in [-0.2, -0.15) is 0 Å². The van der Waals surface area contributed by atoms with Gasteiger partial charge in [0, 0.05) is 45.6 Å². The van der Waals surface area contributed by atoms with Gasteiger partial charge < -0.3 is 4.12 Å². The Labute approximate surface area is 113 Å². The van der Waals surface area contributed by atoms with Gasteiger partial charge in [0.2, 0.25) is 0 Å². The Bertz CT molecular complexity index is 265. The third-order valence-electron chi connectivity index (χ3n) is 2.54. The molecule has 0 aliphatic rings. The van der Waals surface area contributed by atoms with Crippen LogP contribution in [-0.2, 0) is 25.7 Å². The van der Waals surface area contributed by atoms with Gasteiger partial charge in [0.1, 0.15) is 0 Å². The smallest absolute Gasteiger partial charge is 0.174 e. The Hall–Kier alpha value is 0.694. The second kappa shape index (κ2) is 7.32. The summed E-state index contributed by atoms with van der Waals surface area (Å²) in [6.07, 6.45) is 3.49. The highest BCUT2D eigenvalue weighted by Gasteiger charge is 2.32. The van der Waals surface area contributed by atoms with Gasteiger partial charge in [-0.1, -0.05) is 0 Å². The molecular formula is C10H26O3S2Si2. The quantitative estimate of drug-likeness (QED) is 0.645. The van der Waals surface area contributed by atoms with E-state index >= 15 is 0 Å². The van der Waals surface area contributed by atoms with Crippen molar-refractivity contribution < 1.29 is 12.5 Å². The van der Waals surface area contributed by atoms with E-state index < -0.39 is 38.2 Å². The fraction of sp³-hybridized carbons (Fsp3) is 1.00. The first kappa shape index (κ1) is 17.7.